The van der Waals surface area contributed by atoms with Gasteiger partial charge in [0, 0.05) is 24.8 Å². The number of aryl methyl sites for hydroxylation is 1. The van der Waals surface area contributed by atoms with E-state index in [9.17, 15) is 4.79 Å². The summed E-state index contributed by atoms with van der Waals surface area (Å²) in [5.41, 5.74) is 0.919. The summed E-state index contributed by atoms with van der Waals surface area (Å²) in [7, 11) is 4.15. The molecule has 0 radical (unpaired) electrons. The van der Waals surface area contributed by atoms with Crippen LogP contribution in [0.2, 0.25) is 0 Å². The molecule has 0 amide bonds. The number of hydrogen-bond donors (Lipinski definition) is 1. The van der Waals surface area contributed by atoms with Crippen LogP contribution in [0, 0.1) is 6.92 Å². The summed E-state index contributed by atoms with van der Waals surface area (Å²) in [6.45, 7) is 5.53. The van der Waals surface area contributed by atoms with E-state index in [-0.39, 0.29) is 5.56 Å². The van der Waals surface area contributed by atoms with Crippen molar-refractivity contribution in [1.82, 2.24) is 14.8 Å². The first-order valence-electron chi connectivity index (χ1n) is 6.13. The fraction of sp³-hybridized carbons (Fsp3) is 0.615. The molecule has 0 bridgehead atoms. The van der Waals surface area contributed by atoms with Gasteiger partial charge in [-0.1, -0.05) is 6.07 Å². The summed E-state index contributed by atoms with van der Waals surface area (Å²) in [5.74, 6) is 0. The van der Waals surface area contributed by atoms with Gasteiger partial charge in [0.25, 0.3) is 5.56 Å². The minimum absolute atomic E-state index is 0.114. The molecule has 0 aromatic carbocycles. The molecule has 0 unspecified atom stereocenters. The maximum Gasteiger partial charge on any atom is 0.253 e. The first-order chi connectivity index (χ1) is 8.11. The molecule has 0 spiro atoms. The van der Waals surface area contributed by atoms with Crippen LogP contribution >= 0.6 is 0 Å². The third-order valence-corrected chi connectivity index (χ3v) is 2.70. The molecule has 1 N–H and O–H groups in total. The summed E-state index contributed by atoms with van der Waals surface area (Å²) in [6, 6.07) is 3.77. The van der Waals surface area contributed by atoms with Crippen molar-refractivity contribution in [2.24, 2.45) is 0 Å². The lowest BCUT2D eigenvalue weighted by atomic mass is 10.3. The molecule has 4 nitrogen and oxygen atoms in total. The van der Waals surface area contributed by atoms with E-state index in [2.05, 4.69) is 24.3 Å². The minimum Gasteiger partial charge on any atom is -0.315 e. The van der Waals surface area contributed by atoms with Crippen LogP contribution in [0.3, 0.4) is 0 Å². The number of aromatic nitrogens is 1. The zero-order valence-electron chi connectivity index (χ0n) is 11.1. The van der Waals surface area contributed by atoms with Crippen molar-refractivity contribution in [1.29, 1.82) is 0 Å². The van der Waals surface area contributed by atoms with Crippen LogP contribution < -0.4 is 10.9 Å². The third kappa shape index (κ3) is 5.15. The fourth-order valence-corrected chi connectivity index (χ4v) is 1.68. The van der Waals surface area contributed by atoms with Gasteiger partial charge < -0.3 is 14.8 Å². The Morgan fingerprint density at radius 2 is 2.12 bits per heavy atom. The number of pyridine rings is 1. The molecular formula is C13H23N3O. The van der Waals surface area contributed by atoms with Crippen LogP contribution in [0.4, 0.5) is 0 Å². The Labute approximate surface area is 103 Å². The number of nitrogens with one attached hydrogen (secondary N) is 1. The van der Waals surface area contributed by atoms with Crippen molar-refractivity contribution < 1.29 is 0 Å². The zero-order chi connectivity index (χ0) is 12.7. The molecule has 0 atom stereocenters. The molecule has 4 heteroatoms. The quantitative estimate of drug-likeness (QED) is 0.709. The number of hydrogen-bond acceptors (Lipinski definition) is 3. The molecule has 17 heavy (non-hydrogen) atoms. The average molecular weight is 237 g/mol. The Morgan fingerprint density at radius 3 is 2.82 bits per heavy atom. The first-order valence-corrected chi connectivity index (χ1v) is 6.13. The smallest absolute Gasteiger partial charge is 0.253 e. The second-order valence-electron chi connectivity index (χ2n) is 4.60. The highest BCUT2D eigenvalue weighted by Crippen LogP contribution is 1.88. The van der Waals surface area contributed by atoms with E-state index in [1.54, 1.807) is 4.57 Å². The van der Waals surface area contributed by atoms with Gasteiger partial charge in [0.1, 0.15) is 0 Å². The highest BCUT2D eigenvalue weighted by Gasteiger charge is 1.97. The van der Waals surface area contributed by atoms with Crippen LogP contribution in [0.1, 0.15) is 12.0 Å². The lowest BCUT2D eigenvalue weighted by Crippen LogP contribution is -2.29. The topological polar surface area (TPSA) is 37.3 Å². The average Bonchev–Trinajstić information content (AvgIpc) is 2.28. The Balaban J connectivity index is 2.23. The molecule has 0 aliphatic carbocycles. The summed E-state index contributed by atoms with van der Waals surface area (Å²) < 4.78 is 1.76. The van der Waals surface area contributed by atoms with Crippen molar-refractivity contribution >= 4 is 0 Å². The van der Waals surface area contributed by atoms with E-state index in [0.29, 0.717) is 0 Å². The second-order valence-corrected chi connectivity index (χ2v) is 4.60. The van der Waals surface area contributed by atoms with E-state index in [4.69, 9.17) is 0 Å². The van der Waals surface area contributed by atoms with Crippen molar-refractivity contribution in [2.45, 2.75) is 19.9 Å². The Morgan fingerprint density at radius 1 is 1.35 bits per heavy atom. The predicted molar refractivity (Wildman–Crippen MR) is 71.5 cm³/mol. The molecule has 1 rings (SSSR count). The highest BCUT2D eigenvalue weighted by atomic mass is 16.1. The van der Waals surface area contributed by atoms with Crippen molar-refractivity contribution in [3.8, 4) is 0 Å². The molecule has 0 saturated heterocycles. The Hall–Kier alpha value is -1.13. The molecule has 1 aromatic rings. The van der Waals surface area contributed by atoms with E-state index in [1.807, 2.05) is 25.3 Å². The Kier molecular flexibility index (Phi) is 5.94. The lowest BCUT2D eigenvalue weighted by Gasteiger charge is -2.10. The molecule has 96 valence electrons. The lowest BCUT2D eigenvalue weighted by molar-refractivity contribution is 0.393. The van der Waals surface area contributed by atoms with Gasteiger partial charge in [-0.25, -0.2) is 0 Å². The van der Waals surface area contributed by atoms with E-state index in [1.165, 1.54) is 0 Å². The van der Waals surface area contributed by atoms with Gasteiger partial charge >= 0.3 is 0 Å². The van der Waals surface area contributed by atoms with Gasteiger partial charge in [-0.2, -0.15) is 0 Å². The van der Waals surface area contributed by atoms with Crippen LogP contribution in [0.25, 0.3) is 0 Å². The summed E-state index contributed by atoms with van der Waals surface area (Å²) in [6.07, 6.45) is 2.98. The molecule has 0 saturated carbocycles. The van der Waals surface area contributed by atoms with Crippen molar-refractivity contribution in [3.05, 3.63) is 34.2 Å². The minimum atomic E-state index is 0.114. The standard InChI is InChI=1S/C13H23N3O/c1-12-6-4-10-16(13(12)17)11-8-14-7-5-9-15(2)3/h4,6,10,14H,5,7-9,11H2,1-3H3. The molecule has 0 aliphatic rings. The third-order valence-electron chi connectivity index (χ3n) is 2.70. The highest BCUT2D eigenvalue weighted by molar-refractivity contribution is 5.07. The van der Waals surface area contributed by atoms with Gasteiger partial charge in [-0.3, -0.25) is 4.79 Å². The SMILES string of the molecule is Cc1cccn(CCNCCCN(C)C)c1=O. The van der Waals surface area contributed by atoms with Gasteiger partial charge in [0.05, 0.1) is 0 Å². The first kappa shape index (κ1) is 13.9. The van der Waals surface area contributed by atoms with Crippen molar-refractivity contribution in [3.63, 3.8) is 0 Å². The maximum atomic E-state index is 11.7. The summed E-state index contributed by atoms with van der Waals surface area (Å²) >= 11 is 0. The van der Waals surface area contributed by atoms with E-state index >= 15 is 0 Å². The monoisotopic (exact) mass is 237 g/mol. The molecule has 0 fully saturated rings. The second kappa shape index (κ2) is 7.25. The van der Waals surface area contributed by atoms with Gasteiger partial charge in [-0.15, -0.1) is 0 Å². The van der Waals surface area contributed by atoms with Gasteiger partial charge in [0.15, 0.2) is 0 Å². The Bertz CT molecular complexity index is 384. The van der Waals surface area contributed by atoms with Crippen molar-refractivity contribution in [2.75, 3.05) is 33.7 Å². The summed E-state index contributed by atoms with van der Waals surface area (Å²) in [4.78, 5) is 13.9. The summed E-state index contributed by atoms with van der Waals surface area (Å²) in [5, 5.41) is 3.35. The predicted octanol–water partition coefficient (Wildman–Crippen LogP) is 0.698. The molecule has 1 aromatic heterocycles. The normalized spacial score (nSPS) is 11.1. The van der Waals surface area contributed by atoms with Gasteiger partial charge in [-0.05, 0) is 46.6 Å². The van der Waals surface area contributed by atoms with E-state index in [0.717, 1.165) is 38.2 Å². The molecular weight excluding hydrogens is 214 g/mol. The maximum absolute atomic E-state index is 11.7. The zero-order valence-corrected chi connectivity index (χ0v) is 11.1. The van der Waals surface area contributed by atoms with Crippen LogP contribution in [0.15, 0.2) is 23.1 Å². The number of rotatable bonds is 7. The number of nitrogens with zero attached hydrogens (tertiary/aromatic N) is 2. The van der Waals surface area contributed by atoms with Crippen LogP contribution in [-0.2, 0) is 6.54 Å². The molecule has 1 heterocycles. The molecule has 0 aliphatic heterocycles. The van der Waals surface area contributed by atoms with Gasteiger partial charge in [0.2, 0.25) is 0 Å². The van der Waals surface area contributed by atoms with Crippen LogP contribution in [0.5, 0.6) is 0 Å². The fourth-order valence-electron chi connectivity index (χ4n) is 1.68. The van der Waals surface area contributed by atoms with E-state index < -0.39 is 0 Å². The largest absolute Gasteiger partial charge is 0.315 e. The van der Waals surface area contributed by atoms with Crippen LogP contribution in [-0.4, -0.2) is 43.2 Å².